The van der Waals surface area contributed by atoms with Crippen LogP contribution in [0.4, 0.5) is 5.82 Å². The van der Waals surface area contributed by atoms with Crippen LogP contribution in [0.5, 0.6) is 0 Å². The topological polar surface area (TPSA) is 77.0 Å². The Hall–Kier alpha value is -1.62. The Morgan fingerprint density at radius 2 is 1.79 bits per heavy atom. The van der Waals surface area contributed by atoms with Gasteiger partial charge in [-0.15, -0.1) is 0 Å². The van der Waals surface area contributed by atoms with Crippen LogP contribution in [0.2, 0.25) is 5.02 Å². The fraction of sp³-hybridized carbons (Fsp3) is 0.214. The van der Waals surface area contributed by atoms with E-state index in [1.807, 2.05) is 36.4 Å². The smallest absolute Gasteiger partial charge is 0.123 e. The van der Waals surface area contributed by atoms with Crippen LogP contribution in [-0.4, -0.2) is 11.0 Å². The molecule has 1 heterocycles. The molecule has 100 valence electrons. The van der Waals surface area contributed by atoms with Crippen molar-refractivity contribution in [1.82, 2.24) is 10.4 Å². The fourth-order valence-corrected chi connectivity index (χ4v) is 2.13. The summed E-state index contributed by atoms with van der Waals surface area (Å²) in [5.74, 6) is 6.14. The van der Waals surface area contributed by atoms with Gasteiger partial charge in [-0.05, 0) is 48.2 Å². The van der Waals surface area contributed by atoms with Crippen molar-refractivity contribution in [3.8, 4) is 0 Å². The molecular formula is C14H17ClN4. The third-order valence-electron chi connectivity index (χ3n) is 2.96. The van der Waals surface area contributed by atoms with Crippen LogP contribution in [0.25, 0.3) is 0 Å². The first kappa shape index (κ1) is 13.8. The molecule has 5 heteroatoms. The SMILES string of the molecule is NNC(Cc1ccc(Cl)cc1)Cc1ccnc(N)c1. The van der Waals surface area contributed by atoms with Crippen LogP contribution < -0.4 is 17.0 Å². The highest BCUT2D eigenvalue weighted by atomic mass is 35.5. The van der Waals surface area contributed by atoms with Crippen LogP contribution in [0, 0.1) is 0 Å². The first-order valence-electron chi connectivity index (χ1n) is 6.08. The zero-order valence-corrected chi connectivity index (χ0v) is 11.3. The van der Waals surface area contributed by atoms with Crippen molar-refractivity contribution < 1.29 is 0 Å². The number of anilines is 1. The summed E-state index contributed by atoms with van der Waals surface area (Å²) in [7, 11) is 0. The van der Waals surface area contributed by atoms with Gasteiger partial charge in [0.2, 0.25) is 0 Å². The molecule has 0 fully saturated rings. The van der Waals surface area contributed by atoms with Crippen LogP contribution in [0.15, 0.2) is 42.6 Å². The molecule has 1 aromatic carbocycles. The largest absolute Gasteiger partial charge is 0.384 e. The van der Waals surface area contributed by atoms with Crippen LogP contribution in [0.3, 0.4) is 0 Å². The second-order valence-electron chi connectivity index (χ2n) is 4.49. The molecule has 19 heavy (non-hydrogen) atoms. The summed E-state index contributed by atoms with van der Waals surface area (Å²) < 4.78 is 0. The van der Waals surface area contributed by atoms with E-state index in [2.05, 4.69) is 10.4 Å². The van der Waals surface area contributed by atoms with Gasteiger partial charge < -0.3 is 5.73 Å². The molecule has 2 aromatic rings. The molecule has 0 radical (unpaired) electrons. The number of nitrogens with one attached hydrogen (secondary N) is 1. The normalized spacial score (nSPS) is 12.3. The summed E-state index contributed by atoms with van der Waals surface area (Å²) >= 11 is 5.87. The molecule has 0 bridgehead atoms. The fourth-order valence-electron chi connectivity index (χ4n) is 2.00. The molecule has 0 aliphatic rings. The molecule has 5 N–H and O–H groups in total. The van der Waals surface area contributed by atoms with E-state index in [0.717, 1.165) is 23.4 Å². The number of hydrazine groups is 1. The van der Waals surface area contributed by atoms with Crippen molar-refractivity contribution in [2.75, 3.05) is 5.73 Å². The summed E-state index contributed by atoms with van der Waals surface area (Å²) in [6.45, 7) is 0. The molecule has 0 aliphatic heterocycles. The highest BCUT2D eigenvalue weighted by molar-refractivity contribution is 6.30. The maximum absolute atomic E-state index is 5.87. The molecule has 0 saturated carbocycles. The summed E-state index contributed by atoms with van der Waals surface area (Å²) in [6.07, 6.45) is 3.34. The molecule has 0 spiro atoms. The number of nitrogen functional groups attached to an aromatic ring is 1. The van der Waals surface area contributed by atoms with Crippen molar-refractivity contribution in [3.05, 3.63) is 58.7 Å². The highest BCUT2D eigenvalue weighted by Gasteiger charge is 2.09. The van der Waals surface area contributed by atoms with Gasteiger partial charge in [0.25, 0.3) is 0 Å². The quantitative estimate of drug-likeness (QED) is 0.576. The van der Waals surface area contributed by atoms with Gasteiger partial charge >= 0.3 is 0 Å². The zero-order chi connectivity index (χ0) is 13.7. The standard InChI is InChI=1S/C14H17ClN4/c15-12-3-1-10(2-4-12)7-13(19-17)8-11-5-6-18-14(16)9-11/h1-6,9,13,19H,7-8,17H2,(H2,16,18). The second kappa shape index (κ2) is 6.52. The van der Waals surface area contributed by atoms with E-state index in [1.165, 1.54) is 5.56 Å². The van der Waals surface area contributed by atoms with Gasteiger partial charge in [0.15, 0.2) is 0 Å². The molecule has 1 atom stereocenters. The van der Waals surface area contributed by atoms with Gasteiger partial charge in [-0.2, -0.15) is 0 Å². The monoisotopic (exact) mass is 276 g/mol. The van der Waals surface area contributed by atoms with Crippen molar-refractivity contribution in [1.29, 1.82) is 0 Å². The number of pyridine rings is 1. The third-order valence-corrected chi connectivity index (χ3v) is 3.21. The molecule has 2 rings (SSSR count). The van der Waals surface area contributed by atoms with Crippen molar-refractivity contribution in [3.63, 3.8) is 0 Å². The summed E-state index contributed by atoms with van der Waals surface area (Å²) in [5.41, 5.74) is 10.8. The van der Waals surface area contributed by atoms with Crippen LogP contribution in [0.1, 0.15) is 11.1 Å². The average molecular weight is 277 g/mol. The lowest BCUT2D eigenvalue weighted by atomic mass is 10.00. The minimum atomic E-state index is 0.142. The lowest BCUT2D eigenvalue weighted by molar-refractivity contribution is 0.522. The third kappa shape index (κ3) is 4.21. The maximum Gasteiger partial charge on any atom is 0.123 e. The zero-order valence-electron chi connectivity index (χ0n) is 10.5. The van der Waals surface area contributed by atoms with Gasteiger partial charge in [0.1, 0.15) is 5.82 Å². The first-order chi connectivity index (χ1) is 9.17. The Bertz CT molecular complexity index is 527. The predicted molar refractivity (Wildman–Crippen MR) is 78.6 cm³/mol. The number of benzene rings is 1. The Morgan fingerprint density at radius 3 is 2.42 bits per heavy atom. The van der Waals surface area contributed by atoms with Crippen molar-refractivity contribution in [2.24, 2.45) is 5.84 Å². The number of rotatable bonds is 5. The van der Waals surface area contributed by atoms with Gasteiger partial charge in [-0.25, -0.2) is 4.98 Å². The van der Waals surface area contributed by atoms with E-state index in [0.29, 0.717) is 5.82 Å². The molecule has 1 unspecified atom stereocenters. The minimum absolute atomic E-state index is 0.142. The Kier molecular flexibility index (Phi) is 4.74. The Balaban J connectivity index is 2.02. The van der Waals surface area contributed by atoms with Crippen LogP contribution in [-0.2, 0) is 12.8 Å². The molecular weight excluding hydrogens is 260 g/mol. The van der Waals surface area contributed by atoms with E-state index in [4.69, 9.17) is 23.2 Å². The minimum Gasteiger partial charge on any atom is -0.384 e. The molecule has 4 nitrogen and oxygen atoms in total. The number of hydrogen-bond donors (Lipinski definition) is 3. The van der Waals surface area contributed by atoms with Crippen molar-refractivity contribution >= 4 is 17.4 Å². The molecule has 0 saturated heterocycles. The second-order valence-corrected chi connectivity index (χ2v) is 4.92. The number of halogens is 1. The van der Waals surface area contributed by atoms with Gasteiger partial charge in [-0.3, -0.25) is 11.3 Å². The summed E-state index contributed by atoms with van der Waals surface area (Å²) in [6, 6.07) is 11.7. The van der Waals surface area contributed by atoms with E-state index in [-0.39, 0.29) is 6.04 Å². The van der Waals surface area contributed by atoms with Crippen molar-refractivity contribution in [2.45, 2.75) is 18.9 Å². The predicted octanol–water partition coefficient (Wildman–Crippen LogP) is 1.93. The lowest BCUT2D eigenvalue weighted by Gasteiger charge is -2.16. The van der Waals surface area contributed by atoms with E-state index in [1.54, 1.807) is 6.20 Å². The molecule has 1 aromatic heterocycles. The Morgan fingerprint density at radius 1 is 1.11 bits per heavy atom. The molecule has 0 amide bonds. The van der Waals surface area contributed by atoms with Crippen LogP contribution >= 0.6 is 11.6 Å². The maximum atomic E-state index is 5.87. The Labute approximate surface area is 117 Å². The van der Waals surface area contributed by atoms with E-state index in [9.17, 15) is 0 Å². The molecule has 0 aliphatic carbocycles. The average Bonchev–Trinajstić information content (AvgIpc) is 2.40. The lowest BCUT2D eigenvalue weighted by Crippen LogP contribution is -2.38. The van der Waals surface area contributed by atoms with Gasteiger partial charge in [0.05, 0.1) is 0 Å². The number of nitrogens with zero attached hydrogens (tertiary/aromatic N) is 1. The first-order valence-corrected chi connectivity index (χ1v) is 6.46. The highest BCUT2D eigenvalue weighted by Crippen LogP contribution is 2.13. The number of aromatic nitrogens is 1. The van der Waals surface area contributed by atoms with E-state index >= 15 is 0 Å². The van der Waals surface area contributed by atoms with E-state index < -0.39 is 0 Å². The van der Waals surface area contributed by atoms with Gasteiger partial charge in [-0.1, -0.05) is 23.7 Å². The summed E-state index contributed by atoms with van der Waals surface area (Å²) in [5, 5.41) is 0.739. The number of nitrogens with two attached hydrogens (primary N) is 2. The van der Waals surface area contributed by atoms with Gasteiger partial charge in [0, 0.05) is 17.3 Å². The number of hydrogen-bond acceptors (Lipinski definition) is 4. The summed E-state index contributed by atoms with van der Waals surface area (Å²) in [4.78, 5) is 3.98.